The normalized spacial score (nSPS) is 10.3. The highest BCUT2D eigenvalue weighted by Crippen LogP contribution is 2.21. The van der Waals surface area contributed by atoms with Gasteiger partial charge >= 0.3 is 5.97 Å². The first-order valence-electron chi connectivity index (χ1n) is 5.96. The molecular weight excluding hydrogens is 244 g/mol. The van der Waals surface area contributed by atoms with E-state index in [0.717, 1.165) is 5.69 Å². The molecule has 2 rings (SSSR count). The highest BCUT2D eigenvalue weighted by atomic mass is 16.6. The Morgan fingerprint density at radius 1 is 1.26 bits per heavy atom. The first kappa shape index (κ1) is 13.1. The second-order valence-corrected chi connectivity index (χ2v) is 4.20. The molecule has 100 valence electrons. The Balaban J connectivity index is 1.95. The molecule has 0 saturated carbocycles. The van der Waals surface area contributed by atoms with Crippen LogP contribution in [-0.2, 0) is 11.8 Å². The van der Waals surface area contributed by atoms with Crippen molar-refractivity contribution in [1.82, 2.24) is 9.78 Å². The Bertz CT molecular complexity index is 576. The van der Waals surface area contributed by atoms with Crippen LogP contribution in [0.5, 0.6) is 11.5 Å². The monoisotopic (exact) mass is 260 g/mol. The molecule has 5 heteroatoms. The van der Waals surface area contributed by atoms with E-state index in [9.17, 15) is 4.79 Å². The quantitative estimate of drug-likeness (QED) is 0.789. The topological polar surface area (TPSA) is 53.4 Å². The van der Waals surface area contributed by atoms with Crippen molar-refractivity contribution in [3.63, 3.8) is 0 Å². The van der Waals surface area contributed by atoms with Crippen LogP contribution in [0.2, 0.25) is 0 Å². The lowest BCUT2D eigenvalue weighted by atomic mass is 10.3. The lowest BCUT2D eigenvalue weighted by Crippen LogP contribution is -2.18. The van der Waals surface area contributed by atoms with E-state index in [-0.39, 0.29) is 6.61 Å². The number of hydrogen-bond acceptors (Lipinski definition) is 4. The predicted octanol–water partition coefficient (Wildman–Crippen LogP) is 2.02. The first-order valence-corrected chi connectivity index (χ1v) is 5.96. The maximum atomic E-state index is 11.7. The third kappa shape index (κ3) is 3.13. The van der Waals surface area contributed by atoms with Crippen molar-refractivity contribution in [3.8, 4) is 11.5 Å². The third-order valence-electron chi connectivity index (χ3n) is 2.76. The van der Waals surface area contributed by atoms with Gasteiger partial charge in [0.2, 0.25) is 0 Å². The van der Waals surface area contributed by atoms with Gasteiger partial charge in [0.25, 0.3) is 0 Å². The SMILES string of the molecule is Cc1nn(C)c(C)c1OC(=O)COc1ccccc1. The predicted molar refractivity (Wildman–Crippen MR) is 70.3 cm³/mol. The summed E-state index contributed by atoms with van der Waals surface area (Å²) < 4.78 is 12.3. The molecule has 1 aromatic heterocycles. The summed E-state index contributed by atoms with van der Waals surface area (Å²) in [5, 5.41) is 4.18. The Kier molecular flexibility index (Phi) is 3.85. The van der Waals surface area contributed by atoms with E-state index in [0.29, 0.717) is 17.2 Å². The number of aryl methyl sites for hydroxylation is 2. The molecule has 5 nitrogen and oxygen atoms in total. The Morgan fingerprint density at radius 3 is 2.53 bits per heavy atom. The molecule has 0 spiro atoms. The fourth-order valence-electron chi connectivity index (χ4n) is 1.70. The van der Waals surface area contributed by atoms with Crippen molar-refractivity contribution >= 4 is 5.97 Å². The number of para-hydroxylation sites is 1. The van der Waals surface area contributed by atoms with Crippen LogP contribution in [-0.4, -0.2) is 22.4 Å². The lowest BCUT2D eigenvalue weighted by molar-refractivity contribution is -0.136. The summed E-state index contributed by atoms with van der Waals surface area (Å²) in [6.45, 7) is 3.52. The maximum Gasteiger partial charge on any atom is 0.349 e. The van der Waals surface area contributed by atoms with E-state index >= 15 is 0 Å². The molecule has 1 aromatic carbocycles. The van der Waals surface area contributed by atoms with Crippen molar-refractivity contribution in [2.45, 2.75) is 13.8 Å². The number of carbonyl (C=O) groups is 1. The van der Waals surface area contributed by atoms with E-state index in [1.165, 1.54) is 0 Å². The largest absolute Gasteiger partial charge is 0.482 e. The second-order valence-electron chi connectivity index (χ2n) is 4.20. The van der Waals surface area contributed by atoms with Gasteiger partial charge in [-0.05, 0) is 26.0 Å². The summed E-state index contributed by atoms with van der Waals surface area (Å²) >= 11 is 0. The minimum atomic E-state index is -0.442. The molecule has 0 aliphatic heterocycles. The summed E-state index contributed by atoms with van der Waals surface area (Å²) in [6, 6.07) is 9.14. The van der Waals surface area contributed by atoms with Gasteiger partial charge in [-0.1, -0.05) is 18.2 Å². The summed E-state index contributed by atoms with van der Waals surface area (Å²) in [5.74, 6) is 0.700. The highest BCUT2D eigenvalue weighted by molar-refractivity contribution is 5.74. The third-order valence-corrected chi connectivity index (χ3v) is 2.76. The van der Waals surface area contributed by atoms with Crippen LogP contribution in [0.1, 0.15) is 11.4 Å². The van der Waals surface area contributed by atoms with Crippen LogP contribution < -0.4 is 9.47 Å². The molecule has 0 saturated heterocycles. The number of nitrogens with zero attached hydrogens (tertiary/aromatic N) is 2. The van der Waals surface area contributed by atoms with Crippen LogP contribution in [0.15, 0.2) is 30.3 Å². The molecule has 0 radical (unpaired) electrons. The van der Waals surface area contributed by atoms with Crippen LogP contribution in [0.25, 0.3) is 0 Å². The number of aromatic nitrogens is 2. The molecule has 0 amide bonds. The molecule has 2 aromatic rings. The van der Waals surface area contributed by atoms with Gasteiger partial charge in [-0.25, -0.2) is 4.79 Å². The summed E-state index contributed by atoms with van der Waals surface area (Å²) in [7, 11) is 1.81. The first-order chi connectivity index (χ1) is 9.08. The summed E-state index contributed by atoms with van der Waals surface area (Å²) in [6.07, 6.45) is 0. The fourth-order valence-corrected chi connectivity index (χ4v) is 1.70. The molecule has 0 aliphatic carbocycles. The molecule has 0 atom stereocenters. The van der Waals surface area contributed by atoms with E-state index in [2.05, 4.69) is 5.10 Å². The minimum Gasteiger partial charge on any atom is -0.482 e. The molecular formula is C14H16N2O3. The van der Waals surface area contributed by atoms with Crippen LogP contribution in [0.3, 0.4) is 0 Å². The average molecular weight is 260 g/mol. The molecule has 0 aliphatic rings. The van der Waals surface area contributed by atoms with E-state index < -0.39 is 5.97 Å². The van der Waals surface area contributed by atoms with E-state index in [1.807, 2.05) is 25.1 Å². The van der Waals surface area contributed by atoms with Gasteiger partial charge < -0.3 is 9.47 Å². The van der Waals surface area contributed by atoms with Crippen LogP contribution in [0, 0.1) is 13.8 Å². The zero-order valence-corrected chi connectivity index (χ0v) is 11.2. The zero-order valence-electron chi connectivity index (χ0n) is 11.2. The number of rotatable bonds is 4. The number of hydrogen-bond donors (Lipinski definition) is 0. The lowest BCUT2D eigenvalue weighted by Gasteiger charge is -2.06. The Labute approximate surface area is 111 Å². The van der Waals surface area contributed by atoms with E-state index in [4.69, 9.17) is 9.47 Å². The van der Waals surface area contributed by atoms with Crippen molar-refractivity contribution < 1.29 is 14.3 Å². The van der Waals surface area contributed by atoms with Crippen molar-refractivity contribution in [2.75, 3.05) is 6.61 Å². The number of benzene rings is 1. The molecule has 19 heavy (non-hydrogen) atoms. The van der Waals surface area contributed by atoms with Gasteiger partial charge in [0.05, 0.1) is 5.69 Å². The maximum absolute atomic E-state index is 11.7. The van der Waals surface area contributed by atoms with Gasteiger partial charge in [0, 0.05) is 7.05 Å². The number of ether oxygens (including phenoxy) is 2. The van der Waals surface area contributed by atoms with Crippen LogP contribution >= 0.6 is 0 Å². The van der Waals surface area contributed by atoms with Crippen molar-refractivity contribution in [1.29, 1.82) is 0 Å². The number of carbonyl (C=O) groups excluding carboxylic acids is 1. The average Bonchev–Trinajstić information content (AvgIpc) is 2.64. The fraction of sp³-hybridized carbons (Fsp3) is 0.286. The summed E-state index contributed by atoms with van der Waals surface area (Å²) in [4.78, 5) is 11.7. The van der Waals surface area contributed by atoms with Gasteiger partial charge in [0.15, 0.2) is 12.4 Å². The standard InChI is InChI=1S/C14H16N2O3/c1-10-14(11(2)16(3)15-10)19-13(17)9-18-12-7-5-4-6-8-12/h4-8H,9H2,1-3H3. The van der Waals surface area contributed by atoms with Crippen molar-refractivity contribution in [2.24, 2.45) is 7.05 Å². The molecule has 0 unspecified atom stereocenters. The Hall–Kier alpha value is -2.30. The molecule has 0 fully saturated rings. The van der Waals surface area contributed by atoms with Crippen LogP contribution in [0.4, 0.5) is 0 Å². The number of esters is 1. The molecule has 0 bridgehead atoms. The van der Waals surface area contributed by atoms with Gasteiger partial charge in [-0.15, -0.1) is 0 Å². The molecule has 0 N–H and O–H groups in total. The molecule has 1 heterocycles. The second kappa shape index (κ2) is 5.56. The minimum absolute atomic E-state index is 0.127. The summed E-state index contributed by atoms with van der Waals surface area (Å²) in [5.41, 5.74) is 1.50. The Morgan fingerprint density at radius 2 is 1.95 bits per heavy atom. The van der Waals surface area contributed by atoms with Gasteiger partial charge in [0.1, 0.15) is 11.4 Å². The smallest absolute Gasteiger partial charge is 0.349 e. The van der Waals surface area contributed by atoms with Gasteiger partial charge in [-0.2, -0.15) is 5.10 Å². The van der Waals surface area contributed by atoms with E-state index in [1.54, 1.807) is 30.8 Å². The zero-order chi connectivity index (χ0) is 13.8. The van der Waals surface area contributed by atoms with Gasteiger partial charge in [-0.3, -0.25) is 4.68 Å². The highest BCUT2D eigenvalue weighted by Gasteiger charge is 2.15. The van der Waals surface area contributed by atoms with Crippen molar-refractivity contribution in [3.05, 3.63) is 41.7 Å².